The third kappa shape index (κ3) is 2.50. The number of hydrogen-bond acceptors (Lipinski definition) is 4. The molecular formula is C9H9FN2O3. The number of benzene rings is 1. The van der Waals surface area contributed by atoms with Crippen LogP contribution in [0.5, 0.6) is 5.75 Å². The molecule has 0 spiro atoms. The Morgan fingerprint density at radius 2 is 2.27 bits per heavy atom. The van der Waals surface area contributed by atoms with Crippen molar-refractivity contribution < 1.29 is 14.4 Å². The molecule has 3 N–H and O–H groups in total. The summed E-state index contributed by atoms with van der Waals surface area (Å²) in [5.74, 6) is -1.43. The van der Waals surface area contributed by atoms with E-state index < -0.39 is 16.4 Å². The second kappa shape index (κ2) is 4.52. The van der Waals surface area contributed by atoms with Crippen LogP contribution in [0.15, 0.2) is 18.2 Å². The molecule has 15 heavy (non-hydrogen) atoms. The summed E-state index contributed by atoms with van der Waals surface area (Å²) in [6.07, 6.45) is 2.89. The molecule has 80 valence electrons. The third-order valence-electron chi connectivity index (χ3n) is 1.73. The van der Waals surface area contributed by atoms with Gasteiger partial charge in [-0.3, -0.25) is 10.1 Å². The Morgan fingerprint density at radius 1 is 1.60 bits per heavy atom. The molecule has 0 saturated carbocycles. The molecule has 0 aromatic heterocycles. The third-order valence-corrected chi connectivity index (χ3v) is 1.73. The molecular weight excluding hydrogens is 203 g/mol. The highest BCUT2D eigenvalue weighted by molar-refractivity contribution is 5.61. The molecule has 0 fully saturated rings. The highest BCUT2D eigenvalue weighted by atomic mass is 19.1. The van der Waals surface area contributed by atoms with Gasteiger partial charge in [0.15, 0.2) is 0 Å². The molecule has 0 atom stereocenters. The van der Waals surface area contributed by atoms with E-state index in [2.05, 4.69) is 0 Å². The highest BCUT2D eigenvalue weighted by Gasteiger charge is 2.16. The molecule has 0 saturated heterocycles. The molecule has 0 radical (unpaired) electrons. The number of halogens is 1. The van der Waals surface area contributed by atoms with Gasteiger partial charge in [0.25, 0.3) is 0 Å². The summed E-state index contributed by atoms with van der Waals surface area (Å²) in [6.45, 7) is 0.227. The molecule has 1 aromatic carbocycles. The highest BCUT2D eigenvalue weighted by Crippen LogP contribution is 2.27. The first-order valence-electron chi connectivity index (χ1n) is 4.09. The van der Waals surface area contributed by atoms with Gasteiger partial charge in [-0.15, -0.1) is 0 Å². The average Bonchev–Trinajstić information content (AvgIpc) is 2.16. The van der Waals surface area contributed by atoms with Crippen molar-refractivity contribution in [3.63, 3.8) is 0 Å². The minimum atomic E-state index is -1.07. The van der Waals surface area contributed by atoms with Crippen LogP contribution in [-0.2, 0) is 0 Å². The zero-order valence-electron chi connectivity index (χ0n) is 7.68. The van der Waals surface area contributed by atoms with Gasteiger partial charge >= 0.3 is 5.69 Å². The van der Waals surface area contributed by atoms with Gasteiger partial charge in [-0.2, -0.15) is 4.39 Å². The molecule has 0 bridgehead atoms. The van der Waals surface area contributed by atoms with Crippen molar-refractivity contribution in [3.8, 4) is 5.75 Å². The number of nitrogens with two attached hydrogens (primary N) is 1. The SMILES string of the molecule is NC/C=C/c1cc([N+](=O)[O-])c(F)cc1O. The van der Waals surface area contributed by atoms with Crippen LogP contribution in [0.25, 0.3) is 6.08 Å². The Morgan fingerprint density at radius 3 is 2.80 bits per heavy atom. The minimum absolute atomic E-state index is 0.161. The fourth-order valence-electron chi connectivity index (χ4n) is 1.04. The molecule has 1 rings (SSSR count). The molecule has 1 aromatic rings. The smallest absolute Gasteiger partial charge is 0.305 e. The molecule has 0 aliphatic heterocycles. The number of phenolic OH excluding ortho intramolecular Hbond substituents is 1. The van der Waals surface area contributed by atoms with Crippen LogP contribution in [0.4, 0.5) is 10.1 Å². The van der Waals surface area contributed by atoms with E-state index in [9.17, 15) is 19.6 Å². The average molecular weight is 212 g/mol. The maximum atomic E-state index is 13.0. The van der Waals surface area contributed by atoms with Gasteiger partial charge in [-0.05, 0) is 0 Å². The van der Waals surface area contributed by atoms with Crippen molar-refractivity contribution in [1.29, 1.82) is 0 Å². The van der Waals surface area contributed by atoms with Crippen LogP contribution in [0, 0.1) is 15.9 Å². The largest absolute Gasteiger partial charge is 0.507 e. The minimum Gasteiger partial charge on any atom is -0.507 e. The summed E-state index contributed by atoms with van der Waals surface area (Å²) in [7, 11) is 0. The fourth-order valence-corrected chi connectivity index (χ4v) is 1.04. The van der Waals surface area contributed by atoms with Gasteiger partial charge in [-0.25, -0.2) is 0 Å². The van der Waals surface area contributed by atoms with Gasteiger partial charge in [0.2, 0.25) is 5.82 Å². The molecule has 0 unspecified atom stereocenters. The van der Waals surface area contributed by atoms with E-state index in [4.69, 9.17) is 5.73 Å². The van der Waals surface area contributed by atoms with Gasteiger partial charge in [0.05, 0.1) is 4.92 Å². The van der Waals surface area contributed by atoms with E-state index in [0.717, 1.165) is 6.07 Å². The number of rotatable bonds is 3. The molecule has 0 amide bonds. The quantitative estimate of drug-likeness (QED) is 0.585. The van der Waals surface area contributed by atoms with Crippen LogP contribution in [0.2, 0.25) is 0 Å². The number of nitro benzene ring substituents is 1. The first kappa shape index (κ1) is 11.1. The fraction of sp³-hybridized carbons (Fsp3) is 0.111. The standard InChI is InChI=1S/C9H9FN2O3/c10-7-5-9(13)6(2-1-3-11)4-8(7)12(14)15/h1-2,4-5,13H,3,11H2/b2-1+. The molecule has 0 aliphatic rings. The summed E-state index contributed by atoms with van der Waals surface area (Å²) in [5, 5.41) is 19.7. The normalized spacial score (nSPS) is 10.8. The predicted molar refractivity (Wildman–Crippen MR) is 52.8 cm³/mol. The predicted octanol–water partition coefficient (Wildman–Crippen LogP) is 1.41. The Labute approximate surface area is 84.8 Å². The topological polar surface area (TPSA) is 89.4 Å². The first-order valence-corrected chi connectivity index (χ1v) is 4.09. The Kier molecular flexibility index (Phi) is 3.35. The van der Waals surface area contributed by atoms with Crippen LogP contribution < -0.4 is 5.73 Å². The number of phenols is 1. The zero-order valence-corrected chi connectivity index (χ0v) is 7.68. The molecule has 5 nitrogen and oxygen atoms in total. The molecule has 0 heterocycles. The van der Waals surface area contributed by atoms with Crippen LogP contribution >= 0.6 is 0 Å². The van der Waals surface area contributed by atoms with Crippen LogP contribution in [0.1, 0.15) is 5.56 Å². The van der Waals surface area contributed by atoms with E-state index in [1.165, 1.54) is 12.2 Å². The summed E-state index contributed by atoms with van der Waals surface area (Å²) in [6, 6.07) is 1.66. The number of nitro groups is 1. The second-order valence-electron chi connectivity index (χ2n) is 2.76. The maximum absolute atomic E-state index is 13.0. The van der Waals surface area contributed by atoms with Crippen molar-refractivity contribution in [2.24, 2.45) is 5.73 Å². The van der Waals surface area contributed by atoms with Crippen molar-refractivity contribution in [2.45, 2.75) is 0 Å². The number of aromatic hydroxyl groups is 1. The monoisotopic (exact) mass is 212 g/mol. The van der Waals surface area contributed by atoms with Crippen LogP contribution in [-0.4, -0.2) is 16.6 Å². The van der Waals surface area contributed by atoms with Gasteiger partial charge in [-0.1, -0.05) is 12.2 Å². The van der Waals surface area contributed by atoms with E-state index in [1.54, 1.807) is 0 Å². The zero-order chi connectivity index (χ0) is 11.4. The van der Waals surface area contributed by atoms with Crippen molar-refractivity contribution in [1.82, 2.24) is 0 Å². The maximum Gasteiger partial charge on any atom is 0.305 e. The van der Waals surface area contributed by atoms with Crippen molar-refractivity contribution in [3.05, 3.63) is 39.7 Å². The van der Waals surface area contributed by atoms with E-state index in [-0.39, 0.29) is 17.9 Å². The summed E-state index contributed by atoms with van der Waals surface area (Å²) >= 11 is 0. The second-order valence-corrected chi connectivity index (χ2v) is 2.76. The summed E-state index contributed by atoms with van der Waals surface area (Å²) < 4.78 is 13.0. The summed E-state index contributed by atoms with van der Waals surface area (Å²) in [4.78, 5) is 9.54. The number of nitrogens with zero attached hydrogens (tertiary/aromatic N) is 1. The lowest BCUT2D eigenvalue weighted by Crippen LogP contribution is -1.94. The Bertz CT molecular complexity index is 418. The van der Waals surface area contributed by atoms with E-state index in [1.807, 2.05) is 0 Å². The first-order chi connectivity index (χ1) is 7.06. The Balaban J connectivity index is 3.23. The van der Waals surface area contributed by atoms with Crippen molar-refractivity contribution in [2.75, 3.05) is 6.54 Å². The molecule has 6 heteroatoms. The number of hydrogen-bond donors (Lipinski definition) is 2. The van der Waals surface area contributed by atoms with Crippen LogP contribution in [0.3, 0.4) is 0 Å². The van der Waals surface area contributed by atoms with Gasteiger partial charge in [0.1, 0.15) is 5.75 Å². The van der Waals surface area contributed by atoms with E-state index in [0.29, 0.717) is 6.07 Å². The van der Waals surface area contributed by atoms with Crippen molar-refractivity contribution >= 4 is 11.8 Å². The van der Waals surface area contributed by atoms with Gasteiger partial charge in [0, 0.05) is 24.2 Å². The lowest BCUT2D eigenvalue weighted by Gasteiger charge is -2.00. The molecule has 0 aliphatic carbocycles. The Hall–Kier alpha value is -1.95. The lowest BCUT2D eigenvalue weighted by molar-refractivity contribution is -0.387. The van der Waals surface area contributed by atoms with Gasteiger partial charge < -0.3 is 10.8 Å². The summed E-state index contributed by atoms with van der Waals surface area (Å²) in [5.41, 5.74) is 4.66. The van der Waals surface area contributed by atoms with E-state index >= 15 is 0 Å². The lowest BCUT2D eigenvalue weighted by atomic mass is 10.1.